The van der Waals surface area contributed by atoms with Gasteiger partial charge in [0.25, 0.3) is 6.43 Å². The topological polar surface area (TPSA) is 173 Å². The van der Waals surface area contributed by atoms with Crippen LogP contribution in [0.15, 0.2) is 12.3 Å². The summed E-state index contributed by atoms with van der Waals surface area (Å²) >= 11 is 5.54. The zero-order valence-corrected chi connectivity index (χ0v) is 24.6. The Hall–Kier alpha value is -1.91. The maximum Gasteiger partial charge on any atom is 0.323 e. The number of amides is 1. The number of aliphatic hydroxyl groups is 2. The summed E-state index contributed by atoms with van der Waals surface area (Å²) in [6.07, 6.45) is -9.10. The van der Waals surface area contributed by atoms with Crippen LogP contribution in [0, 0.1) is 0 Å². The van der Waals surface area contributed by atoms with E-state index in [0.29, 0.717) is 0 Å². The fourth-order valence-electron chi connectivity index (χ4n) is 3.75. The molecule has 6 atom stereocenters. The first-order valence-corrected chi connectivity index (χ1v) is 15.2. The third kappa shape index (κ3) is 8.32. The van der Waals surface area contributed by atoms with Crippen LogP contribution in [0.4, 0.5) is 8.78 Å². The molecule has 2 aliphatic heterocycles. The number of ketones is 1. The van der Waals surface area contributed by atoms with E-state index in [1.165, 1.54) is 13.8 Å². The van der Waals surface area contributed by atoms with Gasteiger partial charge in [0.05, 0.1) is 25.2 Å². The lowest BCUT2D eigenvalue weighted by Gasteiger charge is -2.36. The van der Waals surface area contributed by atoms with Crippen LogP contribution in [0.3, 0.4) is 0 Å². The molecule has 228 valence electrons. The fourth-order valence-corrected chi connectivity index (χ4v) is 6.70. The Morgan fingerprint density at radius 2 is 1.60 bits per heavy atom. The molecule has 0 aromatic rings. The van der Waals surface area contributed by atoms with E-state index in [1.54, 1.807) is 27.7 Å². The number of ether oxygens (including phenoxy) is 3. The van der Waals surface area contributed by atoms with E-state index in [4.69, 9.17) is 30.5 Å². The molecule has 1 saturated heterocycles. The third-order valence-electron chi connectivity index (χ3n) is 5.74. The van der Waals surface area contributed by atoms with E-state index in [1.807, 2.05) is 0 Å². The maximum absolute atomic E-state index is 14.5. The Morgan fingerprint density at radius 1 is 1.10 bits per heavy atom. The van der Waals surface area contributed by atoms with E-state index in [9.17, 15) is 38.2 Å². The molecule has 2 rings (SSSR count). The van der Waals surface area contributed by atoms with Crippen LogP contribution in [0.2, 0.25) is 0 Å². The number of hydrogen-bond donors (Lipinski definition) is 4. The fraction of sp³-hybridized carbons (Fsp3) is 0.739. The van der Waals surface area contributed by atoms with E-state index in [-0.39, 0.29) is 0 Å². The second-order valence-corrected chi connectivity index (χ2v) is 13.4. The van der Waals surface area contributed by atoms with Crippen molar-refractivity contribution >= 4 is 42.0 Å². The minimum Gasteiger partial charge on any atom is -0.462 e. The largest absolute Gasteiger partial charge is 0.462 e. The molecule has 0 bridgehead atoms. The van der Waals surface area contributed by atoms with Gasteiger partial charge in [0.2, 0.25) is 5.91 Å². The summed E-state index contributed by atoms with van der Waals surface area (Å²) in [6, 6.07) is -2.25. The van der Waals surface area contributed by atoms with Crippen LogP contribution in [-0.4, -0.2) is 100 Å². The van der Waals surface area contributed by atoms with Crippen molar-refractivity contribution in [3.63, 3.8) is 0 Å². The predicted molar refractivity (Wildman–Crippen MR) is 139 cm³/mol. The van der Waals surface area contributed by atoms with Crippen LogP contribution in [-0.2, 0) is 49.7 Å². The van der Waals surface area contributed by atoms with Crippen molar-refractivity contribution in [2.75, 3.05) is 6.61 Å². The lowest BCUT2D eigenvalue weighted by Crippen LogP contribution is -2.53. The first-order valence-electron chi connectivity index (χ1n) is 12.5. The molecule has 0 aromatic heterocycles. The van der Waals surface area contributed by atoms with E-state index < -0.39 is 98.0 Å². The first-order chi connectivity index (χ1) is 18.4. The van der Waals surface area contributed by atoms with Gasteiger partial charge in [0, 0.05) is 6.20 Å². The standard InChI is InChI=1S/C23H36F2N3O10PS/c1-11(2)36-20(33)13(5)26-39(40,27-14(6)21(34)37-12(3)4)35-10-23(22(24)25)18(32)17(31)19(38-23)28-8-7-15(29)9-16(28)30/h7-8,11-14,17-19,22,31-32H,9-10H2,1-6H3,(H2,26,27,40)/t13-,14-,17-,18-,19+,23+/m0/s1. The minimum atomic E-state index is -3.79. The third-order valence-corrected chi connectivity index (χ3v) is 8.64. The number of alkyl halides is 2. The van der Waals surface area contributed by atoms with Gasteiger partial charge in [-0.15, -0.1) is 0 Å². The second kappa shape index (κ2) is 13.8. The Morgan fingerprint density at radius 3 is 2.02 bits per heavy atom. The van der Waals surface area contributed by atoms with Gasteiger partial charge < -0.3 is 28.9 Å². The van der Waals surface area contributed by atoms with Gasteiger partial charge in [-0.2, -0.15) is 0 Å². The number of rotatable bonds is 13. The van der Waals surface area contributed by atoms with E-state index in [0.717, 1.165) is 17.2 Å². The SMILES string of the molecule is CC(C)OC(=O)[C@H](C)NP(=S)(N[C@@H](C)C(=O)OC(C)C)OC[C@@]1(C(F)F)O[C@@H](N2C=CC(=O)CC2=O)[C@@H](O)[C@@H]1O. The molecule has 1 fully saturated rings. The van der Waals surface area contributed by atoms with Gasteiger partial charge in [-0.05, 0) is 59.4 Å². The number of carbonyl (C=O) groups excluding carboxylic acids is 4. The highest BCUT2D eigenvalue weighted by Crippen LogP contribution is 2.45. The number of esters is 2. The maximum atomic E-state index is 14.5. The van der Waals surface area contributed by atoms with Gasteiger partial charge in [0.1, 0.15) is 24.3 Å². The first kappa shape index (κ1) is 34.3. The average molecular weight is 616 g/mol. The van der Waals surface area contributed by atoms with Crippen molar-refractivity contribution in [3.05, 3.63) is 12.3 Å². The molecule has 0 spiro atoms. The molecule has 4 N–H and O–H groups in total. The quantitative estimate of drug-likeness (QED) is 0.128. The molecule has 40 heavy (non-hydrogen) atoms. The van der Waals surface area contributed by atoms with Crippen LogP contribution < -0.4 is 10.2 Å². The Balaban J connectivity index is 2.35. The molecule has 2 heterocycles. The number of halogens is 2. The lowest BCUT2D eigenvalue weighted by molar-refractivity contribution is -0.199. The number of nitrogens with zero attached hydrogens (tertiary/aromatic N) is 1. The summed E-state index contributed by atoms with van der Waals surface area (Å²) < 4.78 is 50.3. The van der Waals surface area contributed by atoms with Gasteiger partial charge in [0.15, 0.2) is 24.2 Å². The number of carbonyl (C=O) groups is 4. The van der Waals surface area contributed by atoms with Crippen molar-refractivity contribution in [2.24, 2.45) is 0 Å². The highest BCUT2D eigenvalue weighted by molar-refractivity contribution is 8.10. The van der Waals surface area contributed by atoms with Gasteiger partial charge in [-0.3, -0.25) is 24.1 Å². The Labute approximate surface area is 235 Å². The van der Waals surface area contributed by atoms with Crippen molar-refractivity contribution in [1.82, 2.24) is 15.1 Å². The molecule has 0 unspecified atom stereocenters. The average Bonchev–Trinajstić information content (AvgIpc) is 3.08. The molecular weight excluding hydrogens is 579 g/mol. The number of nitrogens with one attached hydrogen (secondary N) is 2. The summed E-state index contributed by atoms with van der Waals surface area (Å²) in [4.78, 5) is 49.4. The minimum absolute atomic E-state index is 0.479. The second-order valence-electron chi connectivity index (χ2n) is 9.96. The van der Waals surface area contributed by atoms with E-state index in [2.05, 4.69) is 10.2 Å². The molecule has 17 heteroatoms. The molecular formula is C23H36F2N3O10PS. The van der Waals surface area contributed by atoms with Crippen molar-refractivity contribution in [3.8, 4) is 0 Å². The van der Waals surface area contributed by atoms with Gasteiger partial charge in [-0.1, -0.05) is 0 Å². The van der Waals surface area contributed by atoms with Gasteiger partial charge in [-0.25, -0.2) is 19.0 Å². The zero-order chi connectivity index (χ0) is 30.6. The Bertz CT molecular complexity index is 1010. The van der Waals surface area contributed by atoms with Crippen LogP contribution in [0.25, 0.3) is 0 Å². The molecule has 0 radical (unpaired) electrons. The van der Waals surface area contributed by atoms with Crippen LogP contribution >= 0.6 is 6.57 Å². The number of allylic oxidation sites excluding steroid dienone is 1. The molecule has 0 aliphatic carbocycles. The summed E-state index contributed by atoms with van der Waals surface area (Å²) in [7, 11) is 0. The van der Waals surface area contributed by atoms with Gasteiger partial charge >= 0.3 is 11.9 Å². The summed E-state index contributed by atoms with van der Waals surface area (Å²) in [6.45, 7) is 4.29. The van der Waals surface area contributed by atoms with Crippen molar-refractivity contribution in [2.45, 2.75) is 103 Å². The van der Waals surface area contributed by atoms with E-state index >= 15 is 0 Å². The molecule has 2 aliphatic rings. The van der Waals surface area contributed by atoms with Crippen LogP contribution in [0.1, 0.15) is 48.0 Å². The molecule has 1 amide bonds. The molecule has 13 nitrogen and oxygen atoms in total. The zero-order valence-electron chi connectivity index (χ0n) is 22.9. The summed E-state index contributed by atoms with van der Waals surface area (Å²) in [5, 5.41) is 26.6. The molecule has 0 aromatic carbocycles. The van der Waals surface area contributed by atoms with Crippen molar-refractivity contribution < 1.29 is 56.9 Å². The van der Waals surface area contributed by atoms with Crippen molar-refractivity contribution in [1.29, 1.82) is 0 Å². The monoisotopic (exact) mass is 615 g/mol. The lowest BCUT2D eigenvalue weighted by atomic mass is 9.96. The summed E-state index contributed by atoms with van der Waals surface area (Å²) in [5.74, 6) is -2.86. The summed E-state index contributed by atoms with van der Waals surface area (Å²) in [5.41, 5.74) is -2.89. The Kier molecular flexibility index (Phi) is 11.9. The molecule has 0 saturated carbocycles. The predicted octanol–water partition coefficient (Wildman–Crippen LogP) is 0.484. The number of hydrogen-bond acceptors (Lipinski definition) is 11. The van der Waals surface area contributed by atoms with Crippen LogP contribution in [0.5, 0.6) is 0 Å². The highest BCUT2D eigenvalue weighted by atomic mass is 32.4. The number of aliphatic hydroxyl groups excluding tert-OH is 2. The smallest absolute Gasteiger partial charge is 0.323 e. The highest BCUT2D eigenvalue weighted by Gasteiger charge is 2.62. The normalized spacial score (nSPS) is 27.0.